The molecule has 1 aliphatic heterocycles. The van der Waals surface area contributed by atoms with E-state index in [9.17, 15) is 9.90 Å². The molecule has 0 bridgehead atoms. The summed E-state index contributed by atoms with van der Waals surface area (Å²) >= 11 is 0. The van der Waals surface area contributed by atoms with Gasteiger partial charge in [-0.1, -0.05) is 0 Å². The predicted octanol–water partition coefficient (Wildman–Crippen LogP) is -4.45. The number of rotatable bonds is 3. The third-order valence-electron chi connectivity index (χ3n) is 1.63. The van der Waals surface area contributed by atoms with Crippen LogP contribution in [-0.4, -0.2) is 31.9 Å². The molecule has 1 heterocycles. The number of aliphatic carboxylic acids is 1. The number of carbonyl (C=O) groups excluding carboxylic acids is 1. The fourth-order valence-electron chi connectivity index (χ4n) is 0.885. The van der Waals surface area contributed by atoms with Gasteiger partial charge in [-0.15, -0.1) is 0 Å². The molecule has 0 N–H and O–H groups in total. The van der Waals surface area contributed by atoms with Gasteiger partial charge in [0.05, 0.1) is 13.2 Å². The van der Waals surface area contributed by atoms with Gasteiger partial charge in [0.25, 0.3) is 0 Å². The Balaban J connectivity index is 0.000001000. The molecule has 0 radical (unpaired) electrons. The molecule has 0 aromatic rings. The van der Waals surface area contributed by atoms with E-state index >= 15 is 0 Å². The summed E-state index contributed by atoms with van der Waals surface area (Å²) < 4.78 is 9.75. The zero-order chi connectivity index (χ0) is 7.61. The number of hydrogen-bond donors (Lipinski definition) is 0. The van der Waals surface area contributed by atoms with Crippen molar-refractivity contribution in [3.63, 3.8) is 0 Å². The van der Waals surface area contributed by atoms with E-state index in [0.29, 0.717) is 13.2 Å². The summed E-state index contributed by atoms with van der Waals surface area (Å²) in [7, 11) is 1.48. The van der Waals surface area contributed by atoms with Gasteiger partial charge in [-0.3, -0.25) is 0 Å². The van der Waals surface area contributed by atoms with Crippen molar-refractivity contribution < 1.29 is 38.2 Å². The quantitative estimate of drug-likeness (QED) is 0.383. The van der Waals surface area contributed by atoms with Crippen LogP contribution in [0.25, 0.3) is 0 Å². The Morgan fingerprint density at radius 3 is 2.36 bits per heavy atom. The first kappa shape index (κ1) is 11.0. The largest absolute Gasteiger partial charge is 1.00 e. The summed E-state index contributed by atoms with van der Waals surface area (Å²) in [5.41, 5.74) is -0.598. The summed E-state index contributed by atoms with van der Waals surface area (Å²) in [4.78, 5) is 10.1. The van der Waals surface area contributed by atoms with Gasteiger partial charge in [0.15, 0.2) is 0 Å². The third kappa shape index (κ3) is 2.49. The van der Waals surface area contributed by atoms with Gasteiger partial charge < -0.3 is 19.4 Å². The average molecular weight is 152 g/mol. The molecule has 0 aromatic heterocycles. The summed E-state index contributed by atoms with van der Waals surface area (Å²) in [6.07, 6.45) is -0.0799. The first-order valence-corrected chi connectivity index (χ1v) is 3.01. The Bertz CT molecular complexity index is 138. The van der Waals surface area contributed by atoms with Crippen molar-refractivity contribution in [2.45, 2.75) is 12.0 Å². The van der Waals surface area contributed by atoms with Crippen LogP contribution in [0.5, 0.6) is 0 Å². The van der Waals surface area contributed by atoms with Gasteiger partial charge in [0.1, 0.15) is 5.60 Å². The minimum Gasteiger partial charge on any atom is -0.550 e. The third-order valence-corrected chi connectivity index (χ3v) is 1.63. The monoisotopic (exact) mass is 152 g/mol. The van der Waals surface area contributed by atoms with Crippen molar-refractivity contribution in [2.24, 2.45) is 0 Å². The molecule has 4 nitrogen and oxygen atoms in total. The number of hydrogen-bond acceptors (Lipinski definition) is 4. The van der Waals surface area contributed by atoms with Crippen LogP contribution in [0, 0.1) is 0 Å². The fourth-order valence-corrected chi connectivity index (χ4v) is 0.885. The molecule has 0 atom stereocenters. The molecule has 5 heteroatoms. The zero-order valence-corrected chi connectivity index (χ0v) is 6.75. The first-order chi connectivity index (χ1) is 4.68. The Kier molecular flexibility index (Phi) is 4.12. The number of carboxylic acid groups (broad SMARTS) is 1. The van der Waals surface area contributed by atoms with E-state index in [4.69, 9.17) is 9.47 Å². The van der Waals surface area contributed by atoms with Crippen LogP contribution in [0.3, 0.4) is 0 Å². The Morgan fingerprint density at radius 2 is 2.27 bits per heavy atom. The van der Waals surface area contributed by atoms with E-state index in [0.717, 1.165) is 0 Å². The van der Waals surface area contributed by atoms with E-state index in [1.165, 1.54) is 7.11 Å². The van der Waals surface area contributed by atoms with Crippen LogP contribution in [-0.2, 0) is 14.3 Å². The van der Waals surface area contributed by atoms with Crippen LogP contribution >= 0.6 is 0 Å². The van der Waals surface area contributed by atoms with E-state index in [-0.39, 0.29) is 25.3 Å². The zero-order valence-electron chi connectivity index (χ0n) is 6.75. The summed E-state index contributed by atoms with van der Waals surface area (Å²) in [6.45, 7) is 0.717. The fraction of sp³-hybridized carbons (Fsp3) is 0.833. The van der Waals surface area contributed by atoms with E-state index in [1.807, 2.05) is 0 Å². The summed E-state index contributed by atoms with van der Waals surface area (Å²) in [5.74, 6) is -1.09. The summed E-state index contributed by atoms with van der Waals surface area (Å²) in [6, 6.07) is 0. The molecule has 1 rings (SSSR count). The van der Waals surface area contributed by atoms with Crippen LogP contribution < -0.4 is 24.0 Å². The SMILES string of the molecule is COC1(CC(=O)[O-])COC1.[Li+]. The minimum absolute atomic E-state index is 0. The van der Waals surface area contributed by atoms with Gasteiger partial charge >= 0.3 is 18.9 Å². The number of methoxy groups -OCH3 is 1. The second kappa shape index (κ2) is 4.12. The maximum absolute atomic E-state index is 10.1. The van der Waals surface area contributed by atoms with Crippen molar-refractivity contribution >= 4 is 5.97 Å². The number of ether oxygens (including phenoxy) is 2. The smallest absolute Gasteiger partial charge is 0.550 e. The Hall–Kier alpha value is -0.0126. The van der Waals surface area contributed by atoms with Gasteiger partial charge in [-0.2, -0.15) is 0 Å². The molecule has 0 unspecified atom stereocenters. The molecule has 1 fully saturated rings. The number of carbonyl (C=O) groups is 1. The van der Waals surface area contributed by atoms with Gasteiger partial charge in [0.2, 0.25) is 0 Å². The minimum atomic E-state index is -1.09. The van der Waals surface area contributed by atoms with Crippen LogP contribution in [0.15, 0.2) is 0 Å². The molecule has 0 aromatic carbocycles. The molecule has 0 spiro atoms. The molecule has 1 saturated heterocycles. The molecule has 0 amide bonds. The van der Waals surface area contributed by atoms with Crippen molar-refractivity contribution in [1.82, 2.24) is 0 Å². The van der Waals surface area contributed by atoms with Gasteiger partial charge in [0, 0.05) is 19.5 Å². The van der Waals surface area contributed by atoms with Crippen molar-refractivity contribution in [3.8, 4) is 0 Å². The average Bonchev–Trinajstić information content (AvgIpc) is 1.78. The molecular formula is C6H9LiO4. The normalized spacial score (nSPS) is 19.7. The van der Waals surface area contributed by atoms with Gasteiger partial charge in [-0.25, -0.2) is 0 Å². The Labute approximate surface area is 77.0 Å². The number of carboxylic acids is 1. The second-order valence-electron chi connectivity index (χ2n) is 2.43. The van der Waals surface area contributed by atoms with Crippen LogP contribution in [0.2, 0.25) is 0 Å². The van der Waals surface area contributed by atoms with Crippen molar-refractivity contribution in [2.75, 3.05) is 20.3 Å². The molecule has 1 aliphatic rings. The van der Waals surface area contributed by atoms with Crippen molar-refractivity contribution in [1.29, 1.82) is 0 Å². The van der Waals surface area contributed by atoms with Crippen molar-refractivity contribution in [3.05, 3.63) is 0 Å². The molecule has 58 valence electrons. The Morgan fingerprint density at radius 1 is 1.73 bits per heavy atom. The van der Waals surface area contributed by atoms with Crippen LogP contribution in [0.4, 0.5) is 0 Å². The predicted molar refractivity (Wildman–Crippen MR) is 30.2 cm³/mol. The topological polar surface area (TPSA) is 58.6 Å². The molecule has 0 aliphatic carbocycles. The van der Waals surface area contributed by atoms with E-state index in [1.54, 1.807) is 0 Å². The molecule has 0 saturated carbocycles. The van der Waals surface area contributed by atoms with E-state index in [2.05, 4.69) is 0 Å². The maximum Gasteiger partial charge on any atom is 1.00 e. The van der Waals surface area contributed by atoms with Gasteiger partial charge in [-0.05, 0) is 0 Å². The first-order valence-electron chi connectivity index (χ1n) is 3.01. The van der Waals surface area contributed by atoms with E-state index < -0.39 is 11.6 Å². The van der Waals surface area contributed by atoms with Crippen LogP contribution in [0.1, 0.15) is 6.42 Å². The standard InChI is InChI=1S/C6H10O4.Li/c1-9-6(2-5(7)8)3-10-4-6;/h2-4H2,1H3,(H,7,8);/q;+1/p-1. The second-order valence-corrected chi connectivity index (χ2v) is 2.43. The summed E-state index contributed by atoms with van der Waals surface area (Å²) in [5, 5.41) is 10.1. The maximum atomic E-state index is 10.1. The molecule has 11 heavy (non-hydrogen) atoms. The molecular weight excluding hydrogens is 143 g/mol.